The van der Waals surface area contributed by atoms with Crippen LogP contribution in [-0.4, -0.2) is 10.9 Å². The van der Waals surface area contributed by atoms with Crippen molar-refractivity contribution in [3.05, 3.63) is 62.2 Å². The zero-order valence-electron chi connectivity index (χ0n) is 14.5. The van der Waals surface area contributed by atoms with E-state index in [-0.39, 0.29) is 5.91 Å². The third-order valence-corrected chi connectivity index (χ3v) is 6.33. The number of fused-ring (bicyclic) bond motifs is 1. The maximum atomic E-state index is 12.8. The molecule has 1 aromatic carbocycles. The van der Waals surface area contributed by atoms with Crippen molar-refractivity contribution in [2.45, 2.75) is 32.8 Å². The number of hydrogen-bond acceptors (Lipinski definition) is 5. The van der Waals surface area contributed by atoms with Crippen LogP contribution in [0.2, 0.25) is 0 Å². The highest BCUT2D eigenvalue weighted by atomic mass is 32.1. The summed E-state index contributed by atoms with van der Waals surface area (Å²) in [7, 11) is 0. The van der Waals surface area contributed by atoms with Gasteiger partial charge in [0.25, 0.3) is 5.91 Å². The van der Waals surface area contributed by atoms with Crippen molar-refractivity contribution < 1.29 is 9.53 Å². The van der Waals surface area contributed by atoms with Crippen molar-refractivity contribution in [3.8, 4) is 5.75 Å². The van der Waals surface area contributed by atoms with Crippen LogP contribution in [0.4, 0.5) is 5.69 Å². The molecule has 1 unspecified atom stereocenters. The zero-order valence-corrected chi connectivity index (χ0v) is 16.2. The molecule has 0 aliphatic heterocycles. The molecule has 2 heterocycles. The van der Waals surface area contributed by atoms with Crippen molar-refractivity contribution in [1.82, 2.24) is 4.98 Å². The number of nitrogens with zero attached hydrogens (tertiary/aromatic N) is 1. The molecule has 0 radical (unpaired) electrons. The van der Waals surface area contributed by atoms with Crippen molar-refractivity contribution >= 4 is 34.3 Å². The van der Waals surface area contributed by atoms with Crippen LogP contribution in [0, 0.1) is 5.92 Å². The van der Waals surface area contributed by atoms with Crippen molar-refractivity contribution in [2.24, 2.45) is 5.92 Å². The molecule has 2 aromatic heterocycles. The molecule has 0 fully saturated rings. The molecule has 6 heteroatoms. The Hall–Kier alpha value is -2.18. The van der Waals surface area contributed by atoms with E-state index >= 15 is 0 Å². The highest BCUT2D eigenvalue weighted by Gasteiger charge is 2.23. The summed E-state index contributed by atoms with van der Waals surface area (Å²) in [5.41, 5.74) is 5.40. The van der Waals surface area contributed by atoms with Gasteiger partial charge in [0.1, 0.15) is 12.4 Å². The minimum absolute atomic E-state index is 0.0539. The average Bonchev–Trinajstić information content (AvgIpc) is 3.30. The molecule has 1 atom stereocenters. The number of carbonyl (C=O) groups excluding carboxylic acids is 1. The quantitative estimate of drug-likeness (QED) is 0.661. The van der Waals surface area contributed by atoms with Gasteiger partial charge in [-0.1, -0.05) is 19.1 Å². The maximum Gasteiger partial charge on any atom is 0.256 e. The van der Waals surface area contributed by atoms with Gasteiger partial charge in [-0.25, -0.2) is 4.98 Å². The van der Waals surface area contributed by atoms with Gasteiger partial charge in [0.2, 0.25) is 0 Å². The number of para-hydroxylation sites is 2. The first-order valence-corrected chi connectivity index (χ1v) is 10.5. The van der Waals surface area contributed by atoms with Gasteiger partial charge in [-0.2, -0.15) is 0 Å². The molecule has 0 bridgehead atoms. The van der Waals surface area contributed by atoms with Crippen LogP contribution in [0.5, 0.6) is 5.75 Å². The van der Waals surface area contributed by atoms with E-state index in [0.717, 1.165) is 30.5 Å². The summed E-state index contributed by atoms with van der Waals surface area (Å²) >= 11 is 3.25. The van der Waals surface area contributed by atoms with Crippen molar-refractivity contribution in [2.75, 3.05) is 5.32 Å². The first kappa shape index (κ1) is 17.2. The lowest BCUT2D eigenvalue weighted by atomic mass is 9.88. The number of benzene rings is 1. The van der Waals surface area contributed by atoms with E-state index in [1.165, 1.54) is 10.4 Å². The molecule has 4 rings (SSSR count). The summed E-state index contributed by atoms with van der Waals surface area (Å²) in [6.45, 7) is 2.67. The number of rotatable bonds is 5. The minimum atomic E-state index is -0.0539. The van der Waals surface area contributed by atoms with Gasteiger partial charge in [-0.15, -0.1) is 22.7 Å². The van der Waals surface area contributed by atoms with Crippen LogP contribution >= 0.6 is 22.7 Å². The lowest BCUT2D eigenvalue weighted by molar-refractivity contribution is 0.102. The Balaban J connectivity index is 1.50. The van der Waals surface area contributed by atoms with E-state index in [2.05, 4.69) is 17.2 Å². The molecule has 1 aliphatic carbocycles. The van der Waals surface area contributed by atoms with E-state index in [1.54, 1.807) is 28.2 Å². The highest BCUT2D eigenvalue weighted by molar-refractivity contribution is 7.10. The van der Waals surface area contributed by atoms with E-state index in [4.69, 9.17) is 4.74 Å². The Morgan fingerprint density at radius 2 is 2.23 bits per heavy atom. The van der Waals surface area contributed by atoms with E-state index in [1.807, 2.05) is 35.0 Å². The number of thiazole rings is 1. The SMILES string of the molecule is CC1CCc2c(C(=O)Nc3ccccc3OCc3cscn3)csc2C1. The second-order valence-electron chi connectivity index (χ2n) is 6.62. The van der Waals surface area contributed by atoms with E-state index in [9.17, 15) is 4.79 Å². The summed E-state index contributed by atoms with van der Waals surface area (Å²) < 4.78 is 5.86. The van der Waals surface area contributed by atoms with Gasteiger partial charge in [-0.05, 0) is 42.9 Å². The molecule has 1 N–H and O–H groups in total. The van der Waals surface area contributed by atoms with Crippen molar-refractivity contribution in [1.29, 1.82) is 0 Å². The standard InChI is InChI=1S/C20H20N2O2S2/c1-13-6-7-15-16(11-26-19(15)8-13)20(23)22-17-4-2-3-5-18(17)24-9-14-10-25-12-21-14/h2-5,10-13H,6-9H2,1H3,(H,22,23). The Morgan fingerprint density at radius 3 is 3.08 bits per heavy atom. The molecular weight excluding hydrogens is 364 g/mol. The number of nitrogens with one attached hydrogen (secondary N) is 1. The molecule has 1 aliphatic rings. The molecular formula is C20H20N2O2S2. The average molecular weight is 385 g/mol. The summed E-state index contributed by atoms with van der Waals surface area (Å²) in [5, 5.41) is 6.98. The smallest absolute Gasteiger partial charge is 0.256 e. The second kappa shape index (κ2) is 7.60. The Bertz CT molecular complexity index is 902. The molecule has 3 aromatic rings. The monoisotopic (exact) mass is 384 g/mol. The lowest BCUT2D eigenvalue weighted by Gasteiger charge is -2.19. The predicted octanol–water partition coefficient (Wildman–Crippen LogP) is 5.16. The van der Waals surface area contributed by atoms with Crippen LogP contribution < -0.4 is 10.1 Å². The fraction of sp³-hybridized carbons (Fsp3) is 0.300. The van der Waals surface area contributed by atoms with Crippen LogP contribution in [-0.2, 0) is 19.4 Å². The van der Waals surface area contributed by atoms with Crippen LogP contribution in [0.3, 0.4) is 0 Å². The normalized spacial score (nSPS) is 16.1. The summed E-state index contributed by atoms with van der Waals surface area (Å²) in [5.74, 6) is 1.31. The number of carbonyl (C=O) groups is 1. The first-order valence-electron chi connectivity index (χ1n) is 8.70. The third-order valence-electron chi connectivity index (χ3n) is 4.64. The Morgan fingerprint density at radius 1 is 1.35 bits per heavy atom. The number of hydrogen-bond donors (Lipinski definition) is 1. The highest BCUT2D eigenvalue weighted by Crippen LogP contribution is 2.34. The maximum absolute atomic E-state index is 12.8. The van der Waals surface area contributed by atoms with E-state index < -0.39 is 0 Å². The van der Waals surface area contributed by atoms with Crippen LogP contribution in [0.25, 0.3) is 0 Å². The first-order chi connectivity index (χ1) is 12.7. The third kappa shape index (κ3) is 3.66. The molecule has 0 spiro atoms. The van der Waals surface area contributed by atoms with Gasteiger partial charge in [0.15, 0.2) is 0 Å². The van der Waals surface area contributed by atoms with E-state index in [0.29, 0.717) is 24.0 Å². The topological polar surface area (TPSA) is 51.2 Å². The van der Waals surface area contributed by atoms with Gasteiger partial charge in [0.05, 0.1) is 22.5 Å². The number of aromatic nitrogens is 1. The fourth-order valence-corrected chi connectivity index (χ4v) is 5.00. The van der Waals surface area contributed by atoms with Crippen LogP contribution in [0.1, 0.15) is 39.8 Å². The number of amides is 1. The van der Waals surface area contributed by atoms with Gasteiger partial charge >= 0.3 is 0 Å². The Kier molecular flexibility index (Phi) is 5.04. The molecule has 4 nitrogen and oxygen atoms in total. The molecule has 1 amide bonds. The number of thiophene rings is 1. The predicted molar refractivity (Wildman–Crippen MR) is 106 cm³/mol. The fourth-order valence-electron chi connectivity index (χ4n) is 3.21. The lowest BCUT2D eigenvalue weighted by Crippen LogP contribution is -2.17. The summed E-state index contributed by atoms with van der Waals surface area (Å²) in [6.07, 6.45) is 3.22. The summed E-state index contributed by atoms with van der Waals surface area (Å²) in [6, 6.07) is 7.54. The number of ether oxygens (including phenoxy) is 1. The largest absolute Gasteiger partial charge is 0.485 e. The molecule has 0 saturated carbocycles. The number of anilines is 1. The molecule has 26 heavy (non-hydrogen) atoms. The second-order valence-corrected chi connectivity index (χ2v) is 8.30. The van der Waals surface area contributed by atoms with Crippen molar-refractivity contribution in [3.63, 3.8) is 0 Å². The molecule has 134 valence electrons. The summed E-state index contributed by atoms with van der Waals surface area (Å²) in [4.78, 5) is 18.4. The minimum Gasteiger partial charge on any atom is -0.485 e. The van der Waals surface area contributed by atoms with Crippen LogP contribution in [0.15, 0.2) is 40.5 Å². The zero-order chi connectivity index (χ0) is 17.9. The van der Waals surface area contributed by atoms with Gasteiger partial charge < -0.3 is 10.1 Å². The van der Waals surface area contributed by atoms with Gasteiger partial charge in [-0.3, -0.25) is 4.79 Å². The van der Waals surface area contributed by atoms with Gasteiger partial charge in [0, 0.05) is 15.6 Å². The molecule has 0 saturated heterocycles. The Labute approximate surface area is 160 Å².